The van der Waals surface area contributed by atoms with Crippen molar-refractivity contribution >= 4 is 27.7 Å². The Hall–Kier alpha value is -1.21. The van der Waals surface area contributed by atoms with Gasteiger partial charge in [0, 0.05) is 10.2 Å². The summed E-state index contributed by atoms with van der Waals surface area (Å²) in [6.07, 6.45) is 0. The van der Waals surface area contributed by atoms with Gasteiger partial charge in [0.05, 0.1) is 5.25 Å². The summed E-state index contributed by atoms with van der Waals surface area (Å²) in [5.74, 6) is 3.74. The molecule has 112 valence electrons. The maximum Gasteiger partial charge on any atom is 0.239 e. The van der Waals surface area contributed by atoms with Gasteiger partial charge in [0.1, 0.15) is 13.2 Å². The van der Waals surface area contributed by atoms with Crippen LogP contribution in [0.1, 0.15) is 29.5 Å². The molecule has 3 rings (SSSR count). The molecule has 2 heterocycles. The van der Waals surface area contributed by atoms with Gasteiger partial charge in [-0.2, -0.15) is 4.98 Å². The van der Waals surface area contributed by atoms with Crippen LogP contribution in [0.25, 0.3) is 0 Å². The van der Waals surface area contributed by atoms with E-state index in [-0.39, 0.29) is 5.25 Å². The number of halogens is 1. The van der Waals surface area contributed by atoms with Gasteiger partial charge in [-0.3, -0.25) is 0 Å². The van der Waals surface area contributed by atoms with Gasteiger partial charge in [-0.15, -0.1) is 11.8 Å². The third kappa shape index (κ3) is 3.35. The minimum atomic E-state index is 0.145. The van der Waals surface area contributed by atoms with Crippen molar-refractivity contribution in [2.75, 3.05) is 13.2 Å². The van der Waals surface area contributed by atoms with Crippen LogP contribution in [0.15, 0.2) is 21.1 Å². The molecule has 0 amide bonds. The highest BCUT2D eigenvalue weighted by Gasteiger charge is 2.17. The molecule has 2 aromatic rings. The van der Waals surface area contributed by atoms with Gasteiger partial charge in [0.25, 0.3) is 0 Å². The fraction of sp³-hybridized carbons (Fsp3) is 0.429. The predicted molar refractivity (Wildman–Crippen MR) is 83.9 cm³/mol. The molecule has 1 unspecified atom stereocenters. The molecule has 1 aromatic heterocycles. The van der Waals surface area contributed by atoms with Crippen molar-refractivity contribution in [1.29, 1.82) is 0 Å². The highest BCUT2D eigenvalue weighted by Crippen LogP contribution is 2.39. The number of benzene rings is 1. The van der Waals surface area contributed by atoms with Crippen LogP contribution in [0.4, 0.5) is 0 Å². The van der Waals surface area contributed by atoms with Crippen molar-refractivity contribution in [3.8, 4) is 11.5 Å². The van der Waals surface area contributed by atoms with Crippen LogP contribution in [-0.2, 0) is 5.75 Å². The summed E-state index contributed by atoms with van der Waals surface area (Å²) in [6, 6.07) is 3.99. The first kappa shape index (κ1) is 14.7. The zero-order valence-electron chi connectivity index (χ0n) is 11.8. The Kier molecular flexibility index (Phi) is 4.40. The molecule has 0 radical (unpaired) electrons. The minimum Gasteiger partial charge on any atom is -0.486 e. The lowest BCUT2D eigenvalue weighted by molar-refractivity contribution is 0.171. The molecule has 1 aliphatic heterocycles. The Labute approximate surface area is 135 Å². The summed E-state index contributed by atoms with van der Waals surface area (Å²) in [7, 11) is 0. The molecule has 1 atom stereocenters. The Balaban J connectivity index is 1.70. The Morgan fingerprint density at radius 2 is 2.00 bits per heavy atom. The van der Waals surface area contributed by atoms with Crippen molar-refractivity contribution in [1.82, 2.24) is 10.1 Å². The van der Waals surface area contributed by atoms with E-state index in [2.05, 4.69) is 33.0 Å². The Bertz CT molecular complexity index is 647. The van der Waals surface area contributed by atoms with Gasteiger partial charge in [0.15, 0.2) is 17.3 Å². The maximum atomic E-state index is 5.62. The Morgan fingerprint density at radius 3 is 2.67 bits per heavy atom. The van der Waals surface area contributed by atoms with Gasteiger partial charge in [-0.1, -0.05) is 21.1 Å². The molecule has 1 aliphatic rings. The molecule has 0 bridgehead atoms. The number of aryl methyl sites for hydroxylation is 1. The summed E-state index contributed by atoms with van der Waals surface area (Å²) in [4.78, 5) is 4.26. The number of fused-ring (bicyclic) bond motifs is 1. The summed E-state index contributed by atoms with van der Waals surface area (Å²) < 4.78 is 17.4. The third-order valence-electron chi connectivity index (χ3n) is 3.09. The number of hydrogen-bond acceptors (Lipinski definition) is 6. The van der Waals surface area contributed by atoms with E-state index in [4.69, 9.17) is 14.0 Å². The zero-order chi connectivity index (χ0) is 14.8. The molecule has 0 N–H and O–H groups in total. The summed E-state index contributed by atoms with van der Waals surface area (Å²) >= 11 is 5.32. The number of thioether (sulfide) groups is 1. The van der Waals surface area contributed by atoms with Crippen molar-refractivity contribution in [3.63, 3.8) is 0 Å². The fourth-order valence-corrected chi connectivity index (χ4v) is 3.54. The third-order valence-corrected chi connectivity index (χ3v) is 5.01. The van der Waals surface area contributed by atoms with Gasteiger partial charge in [0.2, 0.25) is 5.89 Å². The lowest BCUT2D eigenvalue weighted by Gasteiger charge is -2.20. The smallest absolute Gasteiger partial charge is 0.239 e. The minimum absolute atomic E-state index is 0.145. The van der Waals surface area contributed by atoms with Crippen molar-refractivity contribution in [2.24, 2.45) is 0 Å². The highest BCUT2D eigenvalue weighted by atomic mass is 79.9. The van der Waals surface area contributed by atoms with E-state index < -0.39 is 0 Å². The molecule has 0 saturated heterocycles. The highest BCUT2D eigenvalue weighted by molar-refractivity contribution is 9.10. The Morgan fingerprint density at radius 1 is 1.29 bits per heavy atom. The monoisotopic (exact) mass is 370 g/mol. The van der Waals surface area contributed by atoms with Crippen LogP contribution in [0.3, 0.4) is 0 Å². The molecule has 21 heavy (non-hydrogen) atoms. The lowest BCUT2D eigenvalue weighted by Crippen LogP contribution is -2.15. The second kappa shape index (κ2) is 6.27. The van der Waals surface area contributed by atoms with Crippen LogP contribution in [0, 0.1) is 6.92 Å². The number of aromatic nitrogens is 2. The van der Waals surface area contributed by atoms with Gasteiger partial charge in [-0.05, 0) is 31.5 Å². The SMILES string of the molecule is Cc1noc(C(C)SCc2cc3c(cc2Br)OCCO3)n1. The molecular weight excluding hydrogens is 356 g/mol. The first-order valence-electron chi connectivity index (χ1n) is 6.63. The van der Waals surface area contributed by atoms with Crippen molar-refractivity contribution < 1.29 is 14.0 Å². The van der Waals surface area contributed by atoms with E-state index in [9.17, 15) is 0 Å². The first-order valence-corrected chi connectivity index (χ1v) is 8.47. The number of hydrogen-bond donors (Lipinski definition) is 0. The molecule has 0 saturated carbocycles. The molecule has 1 aromatic carbocycles. The van der Waals surface area contributed by atoms with Gasteiger partial charge in [-0.25, -0.2) is 0 Å². The van der Waals surface area contributed by atoms with Crippen LogP contribution < -0.4 is 9.47 Å². The van der Waals surface area contributed by atoms with Gasteiger partial charge < -0.3 is 14.0 Å². The fourth-order valence-electron chi connectivity index (χ4n) is 1.98. The molecule has 0 aliphatic carbocycles. The van der Waals surface area contributed by atoms with Crippen LogP contribution in [-0.4, -0.2) is 23.4 Å². The summed E-state index contributed by atoms with van der Waals surface area (Å²) in [5, 5.41) is 3.97. The second-order valence-electron chi connectivity index (χ2n) is 4.72. The second-order valence-corrected chi connectivity index (χ2v) is 6.90. The van der Waals surface area contributed by atoms with E-state index in [1.54, 1.807) is 11.8 Å². The van der Waals surface area contributed by atoms with E-state index in [0.29, 0.717) is 24.9 Å². The molecule has 0 spiro atoms. The van der Waals surface area contributed by atoms with Crippen LogP contribution in [0.2, 0.25) is 0 Å². The molecule has 0 fully saturated rings. The van der Waals surface area contributed by atoms with Gasteiger partial charge >= 0.3 is 0 Å². The van der Waals surface area contributed by atoms with Crippen molar-refractivity contribution in [2.45, 2.75) is 24.9 Å². The average Bonchev–Trinajstić information content (AvgIpc) is 2.91. The molecule has 5 nitrogen and oxygen atoms in total. The zero-order valence-corrected chi connectivity index (χ0v) is 14.2. The first-order chi connectivity index (χ1) is 10.1. The molecule has 7 heteroatoms. The van der Waals surface area contributed by atoms with E-state index >= 15 is 0 Å². The molecular formula is C14H15BrN2O3S. The normalized spacial score (nSPS) is 15.0. The largest absolute Gasteiger partial charge is 0.486 e. The average molecular weight is 371 g/mol. The number of nitrogens with zero attached hydrogens (tertiary/aromatic N) is 2. The standard InChI is InChI=1S/C14H15BrN2O3S/c1-8(14-16-9(2)17-20-14)21-7-10-5-12-13(6-11(10)15)19-4-3-18-12/h5-6,8H,3-4,7H2,1-2H3. The number of ether oxygens (including phenoxy) is 2. The van der Waals surface area contributed by atoms with Crippen LogP contribution in [0.5, 0.6) is 11.5 Å². The maximum absolute atomic E-state index is 5.62. The quantitative estimate of drug-likeness (QED) is 0.812. The summed E-state index contributed by atoms with van der Waals surface area (Å²) in [5.41, 5.74) is 1.16. The summed E-state index contributed by atoms with van der Waals surface area (Å²) in [6.45, 7) is 5.07. The predicted octanol–water partition coefficient (Wildman–Crippen LogP) is 3.91. The van der Waals surface area contributed by atoms with E-state index in [1.807, 2.05) is 19.1 Å². The van der Waals surface area contributed by atoms with Crippen LogP contribution >= 0.6 is 27.7 Å². The van der Waals surface area contributed by atoms with Crippen molar-refractivity contribution in [3.05, 3.63) is 33.9 Å². The topological polar surface area (TPSA) is 57.4 Å². The lowest BCUT2D eigenvalue weighted by atomic mass is 10.2. The number of rotatable bonds is 4. The van der Waals surface area contributed by atoms with E-state index in [0.717, 1.165) is 27.3 Å². The van der Waals surface area contributed by atoms with E-state index in [1.165, 1.54) is 0 Å².